The number of carbonyl (C=O) groups excluding carboxylic acids is 1. The summed E-state index contributed by atoms with van der Waals surface area (Å²) in [5.74, 6) is -0.949. The Labute approximate surface area is 192 Å². The van der Waals surface area contributed by atoms with Crippen LogP contribution in [0.5, 0.6) is 5.75 Å². The molecule has 0 aliphatic carbocycles. The minimum Gasteiger partial charge on any atom is -0.491 e. The zero-order valence-electron chi connectivity index (χ0n) is 18.0. The second-order valence-electron chi connectivity index (χ2n) is 8.08. The zero-order valence-corrected chi connectivity index (χ0v) is 18.8. The first-order valence-corrected chi connectivity index (χ1v) is 10.7. The molecule has 0 spiro atoms. The van der Waals surface area contributed by atoms with E-state index in [1.807, 2.05) is 6.20 Å². The van der Waals surface area contributed by atoms with Crippen LogP contribution in [0.4, 0.5) is 8.78 Å². The van der Waals surface area contributed by atoms with Crippen LogP contribution in [0.3, 0.4) is 0 Å². The lowest BCUT2D eigenvalue weighted by Crippen LogP contribution is -2.44. The van der Waals surface area contributed by atoms with E-state index in [-0.39, 0.29) is 41.4 Å². The van der Waals surface area contributed by atoms with Crippen molar-refractivity contribution in [1.29, 1.82) is 0 Å². The number of nitrogens with one attached hydrogen (secondary N) is 1. The van der Waals surface area contributed by atoms with E-state index in [1.165, 1.54) is 18.2 Å². The van der Waals surface area contributed by atoms with Gasteiger partial charge in [0, 0.05) is 28.7 Å². The summed E-state index contributed by atoms with van der Waals surface area (Å²) in [4.78, 5) is 17.2. The number of amides is 1. The second kappa shape index (κ2) is 10.3. The number of carbonyl (C=O) groups is 1. The molecule has 4 rings (SSSR count). The van der Waals surface area contributed by atoms with E-state index in [4.69, 9.17) is 10.5 Å². The van der Waals surface area contributed by atoms with Gasteiger partial charge in [-0.05, 0) is 74.7 Å². The van der Waals surface area contributed by atoms with E-state index in [1.54, 1.807) is 12.1 Å². The number of aromatic amines is 1. The second-order valence-corrected chi connectivity index (χ2v) is 8.08. The number of ether oxygens (including phenoxy) is 1. The van der Waals surface area contributed by atoms with Crippen LogP contribution in [0.25, 0.3) is 10.9 Å². The van der Waals surface area contributed by atoms with Gasteiger partial charge < -0.3 is 15.5 Å². The fraction of sp³-hybridized carbons (Fsp3) is 0.375. The summed E-state index contributed by atoms with van der Waals surface area (Å²) in [7, 11) is 0. The zero-order chi connectivity index (χ0) is 22.0. The predicted octanol–water partition coefficient (Wildman–Crippen LogP) is 4.62. The number of H-pyrrole nitrogens is 1. The van der Waals surface area contributed by atoms with Crippen molar-refractivity contribution in [3.05, 3.63) is 64.9 Å². The van der Waals surface area contributed by atoms with E-state index in [2.05, 4.69) is 16.8 Å². The standard InChI is InChI=1S/C24H27F2N3O2.ClH/c1-2-9-29(10-3-4-15-13-28-22-8-5-16(25)11-19(15)22)17-12-20-21(26)7-6-18(24(27)30)23(20)31-14-17;/h5-8,11,13,17,28H,2-4,9-10,12,14H2,1H3,(H2,27,30);1H. The lowest BCUT2D eigenvalue weighted by Gasteiger charge is -2.35. The molecule has 0 fully saturated rings. The number of aryl methyl sites for hydroxylation is 1. The quantitative estimate of drug-likeness (QED) is 0.512. The van der Waals surface area contributed by atoms with Crippen LogP contribution in [-0.4, -0.2) is 41.5 Å². The predicted molar refractivity (Wildman–Crippen MR) is 124 cm³/mol. The van der Waals surface area contributed by atoms with Crippen LogP contribution in [0.1, 0.15) is 41.3 Å². The first-order valence-electron chi connectivity index (χ1n) is 10.7. The van der Waals surface area contributed by atoms with Crippen LogP contribution >= 0.6 is 12.4 Å². The van der Waals surface area contributed by atoms with E-state index in [0.29, 0.717) is 18.6 Å². The number of fused-ring (bicyclic) bond motifs is 2. The lowest BCUT2D eigenvalue weighted by molar-refractivity contribution is 0.0975. The monoisotopic (exact) mass is 463 g/mol. The summed E-state index contributed by atoms with van der Waals surface area (Å²) in [5.41, 5.74) is 8.08. The van der Waals surface area contributed by atoms with Gasteiger partial charge in [0.05, 0.1) is 5.56 Å². The van der Waals surface area contributed by atoms with Gasteiger partial charge in [-0.25, -0.2) is 8.78 Å². The molecule has 1 aliphatic rings. The Bertz CT molecular complexity index is 1100. The highest BCUT2D eigenvalue weighted by molar-refractivity contribution is 5.96. The molecule has 1 atom stereocenters. The van der Waals surface area contributed by atoms with Crippen molar-refractivity contribution in [1.82, 2.24) is 9.88 Å². The van der Waals surface area contributed by atoms with Gasteiger partial charge in [-0.15, -0.1) is 12.4 Å². The fourth-order valence-electron chi connectivity index (χ4n) is 4.46. The molecule has 0 bridgehead atoms. The van der Waals surface area contributed by atoms with Gasteiger partial charge in [0.25, 0.3) is 5.91 Å². The first kappa shape index (κ1) is 24.0. The lowest BCUT2D eigenvalue weighted by atomic mass is 9.97. The van der Waals surface area contributed by atoms with Gasteiger partial charge in [-0.1, -0.05) is 6.92 Å². The van der Waals surface area contributed by atoms with Crippen LogP contribution in [0.15, 0.2) is 36.5 Å². The summed E-state index contributed by atoms with van der Waals surface area (Å²) < 4.78 is 33.9. The number of nitrogens with two attached hydrogens (primary N) is 1. The van der Waals surface area contributed by atoms with E-state index >= 15 is 0 Å². The van der Waals surface area contributed by atoms with Crippen molar-refractivity contribution in [3.8, 4) is 5.75 Å². The Morgan fingerprint density at radius 3 is 2.81 bits per heavy atom. The average Bonchev–Trinajstić information content (AvgIpc) is 3.15. The van der Waals surface area contributed by atoms with Crippen LogP contribution in [0, 0.1) is 11.6 Å². The van der Waals surface area contributed by atoms with Crippen molar-refractivity contribution < 1.29 is 18.3 Å². The van der Waals surface area contributed by atoms with Gasteiger partial charge in [0.1, 0.15) is 24.0 Å². The summed E-state index contributed by atoms with van der Waals surface area (Å²) in [5, 5.41) is 0.915. The van der Waals surface area contributed by atoms with Gasteiger partial charge in [-0.2, -0.15) is 0 Å². The number of hydrogen-bond donors (Lipinski definition) is 2. The number of halogens is 3. The maximum atomic E-state index is 14.5. The number of aromatic nitrogens is 1. The van der Waals surface area contributed by atoms with Gasteiger partial charge in [-0.3, -0.25) is 9.69 Å². The molecule has 1 aliphatic heterocycles. The molecule has 2 aromatic carbocycles. The molecule has 0 radical (unpaired) electrons. The largest absolute Gasteiger partial charge is 0.491 e. The summed E-state index contributed by atoms with van der Waals surface area (Å²) >= 11 is 0. The molecule has 0 saturated heterocycles. The first-order chi connectivity index (χ1) is 15.0. The smallest absolute Gasteiger partial charge is 0.252 e. The molecule has 1 amide bonds. The minimum atomic E-state index is -0.615. The minimum absolute atomic E-state index is 0. The summed E-state index contributed by atoms with van der Waals surface area (Å²) in [6.07, 6.45) is 5.08. The maximum Gasteiger partial charge on any atom is 0.252 e. The van der Waals surface area contributed by atoms with Crippen molar-refractivity contribution >= 4 is 29.2 Å². The topological polar surface area (TPSA) is 71.3 Å². The highest BCUT2D eigenvalue weighted by Crippen LogP contribution is 2.32. The van der Waals surface area contributed by atoms with Crippen molar-refractivity contribution in [2.24, 2.45) is 5.73 Å². The molecular weight excluding hydrogens is 436 g/mol. The van der Waals surface area contributed by atoms with E-state index < -0.39 is 5.91 Å². The number of primary amides is 1. The molecule has 32 heavy (non-hydrogen) atoms. The Morgan fingerprint density at radius 1 is 1.25 bits per heavy atom. The van der Waals surface area contributed by atoms with Crippen molar-refractivity contribution in [2.75, 3.05) is 19.7 Å². The Kier molecular flexibility index (Phi) is 7.74. The molecule has 8 heteroatoms. The molecule has 3 aromatic rings. The Hall–Kier alpha value is -2.64. The van der Waals surface area contributed by atoms with E-state index in [0.717, 1.165) is 48.8 Å². The third-order valence-corrected chi connectivity index (χ3v) is 5.98. The van der Waals surface area contributed by atoms with Crippen molar-refractivity contribution in [2.45, 2.75) is 38.6 Å². The van der Waals surface area contributed by atoms with Gasteiger partial charge >= 0.3 is 0 Å². The summed E-state index contributed by atoms with van der Waals surface area (Å²) in [6, 6.07) is 7.45. The molecule has 3 N–H and O–H groups in total. The van der Waals surface area contributed by atoms with Crippen LogP contribution in [0.2, 0.25) is 0 Å². The number of rotatable bonds is 8. The van der Waals surface area contributed by atoms with E-state index in [9.17, 15) is 13.6 Å². The molecule has 172 valence electrons. The maximum absolute atomic E-state index is 14.5. The average molecular weight is 464 g/mol. The van der Waals surface area contributed by atoms with Crippen molar-refractivity contribution in [3.63, 3.8) is 0 Å². The molecule has 2 heterocycles. The molecule has 5 nitrogen and oxygen atoms in total. The van der Waals surface area contributed by atoms with Gasteiger partial charge in [0.2, 0.25) is 0 Å². The molecular formula is C24H28ClF2N3O2. The normalized spacial score (nSPS) is 15.3. The molecule has 0 saturated carbocycles. The third kappa shape index (κ3) is 4.89. The van der Waals surface area contributed by atoms with Gasteiger partial charge in [0.15, 0.2) is 0 Å². The number of nitrogens with zero attached hydrogens (tertiary/aromatic N) is 1. The fourth-order valence-corrected chi connectivity index (χ4v) is 4.46. The number of hydrogen-bond acceptors (Lipinski definition) is 3. The Balaban J connectivity index is 0.00000289. The summed E-state index contributed by atoms with van der Waals surface area (Å²) in [6.45, 7) is 4.17. The highest BCUT2D eigenvalue weighted by atomic mass is 35.5. The Morgan fingerprint density at radius 2 is 2.06 bits per heavy atom. The van der Waals surface area contributed by atoms with Crippen LogP contribution < -0.4 is 10.5 Å². The SMILES string of the molecule is CCCN(CCCc1c[nH]c2ccc(F)cc12)C1COc2c(C(N)=O)ccc(F)c2C1.Cl. The molecule has 1 unspecified atom stereocenters. The number of benzene rings is 2. The highest BCUT2D eigenvalue weighted by Gasteiger charge is 2.29. The molecule has 1 aromatic heterocycles. The third-order valence-electron chi connectivity index (χ3n) is 5.98. The van der Waals surface area contributed by atoms with Crippen LogP contribution in [-0.2, 0) is 12.8 Å².